The second kappa shape index (κ2) is 6.09. The molecule has 21 heavy (non-hydrogen) atoms. The molecule has 3 nitrogen and oxygen atoms in total. The highest BCUT2D eigenvalue weighted by Gasteiger charge is 2.02. The molecule has 2 aromatic heterocycles. The molecule has 0 unspecified atom stereocenters. The zero-order chi connectivity index (χ0) is 14.5. The summed E-state index contributed by atoms with van der Waals surface area (Å²) in [6, 6.07) is 17.9. The van der Waals surface area contributed by atoms with Crippen LogP contribution >= 0.6 is 0 Å². The first kappa shape index (κ1) is 13.2. The van der Waals surface area contributed by atoms with E-state index in [1.54, 1.807) is 6.20 Å². The summed E-state index contributed by atoms with van der Waals surface area (Å²) in [5.74, 6) is 0.657. The average molecular weight is 273 g/mol. The number of aryl methyl sites for hydroxylation is 1. The van der Waals surface area contributed by atoms with Crippen molar-refractivity contribution in [1.82, 2.24) is 15.0 Å². The molecule has 3 rings (SSSR count). The number of nitrogens with zero attached hydrogens (tertiary/aromatic N) is 3. The first-order valence-electron chi connectivity index (χ1n) is 6.81. The molecule has 2 heterocycles. The van der Waals surface area contributed by atoms with Crippen molar-refractivity contribution in [1.29, 1.82) is 0 Å². The first-order chi connectivity index (χ1) is 10.3. The molecule has 3 heteroatoms. The monoisotopic (exact) mass is 273 g/mol. The van der Waals surface area contributed by atoms with E-state index in [9.17, 15) is 0 Å². The fraction of sp³-hybridized carbons (Fsp3) is 0.0556. The summed E-state index contributed by atoms with van der Waals surface area (Å²) in [5, 5.41) is 0. The normalized spacial score (nSPS) is 10.9. The Morgan fingerprint density at radius 2 is 1.67 bits per heavy atom. The van der Waals surface area contributed by atoms with Gasteiger partial charge in [0.05, 0.1) is 5.69 Å². The van der Waals surface area contributed by atoms with Crippen LogP contribution in [0, 0.1) is 6.92 Å². The maximum absolute atomic E-state index is 4.59. The lowest BCUT2D eigenvalue weighted by atomic mass is 10.2. The number of rotatable bonds is 3. The van der Waals surface area contributed by atoms with Gasteiger partial charge in [-0.1, -0.05) is 42.5 Å². The third-order valence-corrected chi connectivity index (χ3v) is 3.04. The van der Waals surface area contributed by atoms with E-state index >= 15 is 0 Å². The lowest BCUT2D eigenvalue weighted by molar-refractivity contribution is 1.09. The molecule has 0 bridgehead atoms. The maximum Gasteiger partial charge on any atom is 0.178 e. The molecular formula is C18H15N3. The number of hydrogen-bond acceptors (Lipinski definition) is 3. The minimum atomic E-state index is 0.657. The highest BCUT2D eigenvalue weighted by Crippen LogP contribution is 2.14. The maximum atomic E-state index is 4.59. The van der Waals surface area contributed by atoms with Gasteiger partial charge >= 0.3 is 0 Å². The number of hydrogen-bond donors (Lipinski definition) is 0. The molecule has 0 atom stereocenters. The first-order valence-corrected chi connectivity index (χ1v) is 6.81. The number of pyridine rings is 1. The predicted molar refractivity (Wildman–Crippen MR) is 85.4 cm³/mol. The largest absolute Gasteiger partial charge is 0.245 e. The Morgan fingerprint density at radius 3 is 2.48 bits per heavy atom. The van der Waals surface area contributed by atoms with Gasteiger partial charge in [-0.15, -0.1) is 0 Å². The highest BCUT2D eigenvalue weighted by atomic mass is 14.9. The molecular weight excluding hydrogens is 258 g/mol. The van der Waals surface area contributed by atoms with Crippen molar-refractivity contribution in [3.05, 3.63) is 77.7 Å². The standard InChI is InChI=1S/C18H15N3/c1-14-12-13-19-18(20-14)17-9-5-8-16(21-17)11-10-15-6-3-2-4-7-15/h2-13H,1H3/b11-10+. The minimum Gasteiger partial charge on any atom is -0.245 e. The van der Waals surface area contributed by atoms with Gasteiger partial charge in [-0.25, -0.2) is 15.0 Å². The van der Waals surface area contributed by atoms with Crippen molar-refractivity contribution < 1.29 is 0 Å². The van der Waals surface area contributed by atoms with E-state index in [1.807, 2.05) is 61.5 Å². The van der Waals surface area contributed by atoms with Gasteiger partial charge in [0.2, 0.25) is 0 Å². The molecule has 0 fully saturated rings. The van der Waals surface area contributed by atoms with Crippen LogP contribution in [0.15, 0.2) is 60.8 Å². The van der Waals surface area contributed by atoms with Crippen LogP contribution in [0.4, 0.5) is 0 Å². The Labute approximate surface area is 124 Å². The molecule has 0 aliphatic carbocycles. The Morgan fingerprint density at radius 1 is 0.810 bits per heavy atom. The lowest BCUT2D eigenvalue weighted by Crippen LogP contribution is -1.94. The highest BCUT2D eigenvalue weighted by molar-refractivity contribution is 5.68. The van der Waals surface area contributed by atoms with Gasteiger partial charge in [0, 0.05) is 11.9 Å². The minimum absolute atomic E-state index is 0.657. The topological polar surface area (TPSA) is 38.7 Å². The number of benzene rings is 1. The quantitative estimate of drug-likeness (QED) is 0.723. The van der Waals surface area contributed by atoms with Crippen molar-refractivity contribution in [3.8, 4) is 11.5 Å². The molecule has 0 aliphatic heterocycles. The molecule has 102 valence electrons. The van der Waals surface area contributed by atoms with Crippen LogP contribution in [0.3, 0.4) is 0 Å². The molecule has 3 aromatic rings. The average Bonchev–Trinajstić information content (AvgIpc) is 2.54. The predicted octanol–water partition coefficient (Wildman–Crippen LogP) is 4.02. The van der Waals surface area contributed by atoms with Gasteiger partial charge in [-0.3, -0.25) is 0 Å². The second-order valence-corrected chi connectivity index (χ2v) is 4.71. The SMILES string of the molecule is Cc1ccnc(-c2cccc(/C=C/c3ccccc3)n2)n1. The van der Waals surface area contributed by atoms with E-state index in [-0.39, 0.29) is 0 Å². The van der Waals surface area contributed by atoms with Crippen molar-refractivity contribution >= 4 is 12.2 Å². The summed E-state index contributed by atoms with van der Waals surface area (Å²) in [4.78, 5) is 13.3. The van der Waals surface area contributed by atoms with Gasteiger partial charge in [0.25, 0.3) is 0 Å². The summed E-state index contributed by atoms with van der Waals surface area (Å²) in [7, 11) is 0. The van der Waals surface area contributed by atoms with Crippen molar-refractivity contribution in [2.75, 3.05) is 0 Å². The van der Waals surface area contributed by atoms with Gasteiger partial charge in [0.15, 0.2) is 5.82 Å². The number of aromatic nitrogens is 3. The molecule has 0 N–H and O–H groups in total. The lowest BCUT2D eigenvalue weighted by Gasteiger charge is -2.01. The van der Waals surface area contributed by atoms with Gasteiger partial charge in [0.1, 0.15) is 5.69 Å². The van der Waals surface area contributed by atoms with Crippen LogP contribution < -0.4 is 0 Å². The van der Waals surface area contributed by atoms with Crippen molar-refractivity contribution in [2.24, 2.45) is 0 Å². The Bertz CT molecular complexity index is 764. The van der Waals surface area contributed by atoms with E-state index in [0.717, 1.165) is 22.6 Å². The smallest absolute Gasteiger partial charge is 0.178 e. The summed E-state index contributed by atoms with van der Waals surface area (Å²) >= 11 is 0. The van der Waals surface area contributed by atoms with Crippen LogP contribution in [-0.2, 0) is 0 Å². The van der Waals surface area contributed by atoms with E-state index in [1.165, 1.54) is 0 Å². The molecule has 0 saturated heterocycles. The Hall–Kier alpha value is -2.81. The van der Waals surface area contributed by atoms with Crippen LogP contribution in [0.2, 0.25) is 0 Å². The molecule has 1 aromatic carbocycles. The second-order valence-electron chi connectivity index (χ2n) is 4.71. The third-order valence-electron chi connectivity index (χ3n) is 3.04. The van der Waals surface area contributed by atoms with Gasteiger partial charge in [-0.2, -0.15) is 0 Å². The van der Waals surface area contributed by atoms with E-state index < -0.39 is 0 Å². The van der Waals surface area contributed by atoms with E-state index in [4.69, 9.17) is 0 Å². The van der Waals surface area contributed by atoms with Crippen LogP contribution in [0.1, 0.15) is 17.0 Å². The summed E-state index contributed by atoms with van der Waals surface area (Å²) in [6.07, 6.45) is 5.80. The van der Waals surface area contributed by atoms with Crippen molar-refractivity contribution in [3.63, 3.8) is 0 Å². The summed E-state index contributed by atoms with van der Waals surface area (Å²) in [6.45, 7) is 1.95. The van der Waals surface area contributed by atoms with Crippen LogP contribution in [-0.4, -0.2) is 15.0 Å². The zero-order valence-electron chi connectivity index (χ0n) is 11.8. The Kier molecular flexibility index (Phi) is 3.83. The fourth-order valence-corrected chi connectivity index (χ4v) is 1.99. The summed E-state index contributed by atoms with van der Waals surface area (Å²) in [5.41, 5.74) is 3.76. The van der Waals surface area contributed by atoms with Crippen LogP contribution in [0.25, 0.3) is 23.7 Å². The van der Waals surface area contributed by atoms with Crippen LogP contribution in [0.5, 0.6) is 0 Å². The van der Waals surface area contributed by atoms with Gasteiger partial charge < -0.3 is 0 Å². The third kappa shape index (κ3) is 3.39. The van der Waals surface area contributed by atoms with Gasteiger partial charge in [-0.05, 0) is 36.8 Å². The molecule has 0 saturated carbocycles. The fourth-order valence-electron chi connectivity index (χ4n) is 1.99. The van der Waals surface area contributed by atoms with Crippen molar-refractivity contribution in [2.45, 2.75) is 6.92 Å². The van der Waals surface area contributed by atoms with E-state index in [0.29, 0.717) is 5.82 Å². The molecule has 0 spiro atoms. The molecule has 0 amide bonds. The Balaban J connectivity index is 1.88. The molecule has 0 radical (unpaired) electrons. The zero-order valence-corrected chi connectivity index (χ0v) is 11.8. The molecule has 0 aliphatic rings. The van der Waals surface area contributed by atoms with E-state index in [2.05, 4.69) is 27.1 Å². The summed E-state index contributed by atoms with van der Waals surface area (Å²) < 4.78 is 0.